The van der Waals surface area contributed by atoms with Gasteiger partial charge in [0.1, 0.15) is 0 Å². The van der Waals surface area contributed by atoms with Gasteiger partial charge in [0.15, 0.2) is 0 Å². The molecule has 0 aliphatic rings. The van der Waals surface area contributed by atoms with Gasteiger partial charge in [-0.05, 0) is 49.2 Å². The number of nitrogens with two attached hydrogens (primary N) is 1. The number of nitrogens with zero attached hydrogens (tertiary/aromatic N) is 1. The summed E-state index contributed by atoms with van der Waals surface area (Å²) < 4.78 is 31.9. The fourth-order valence-corrected chi connectivity index (χ4v) is 4.58. The molecule has 2 aromatic rings. The zero-order valence-electron chi connectivity index (χ0n) is 18.0. The average molecular weight is 447 g/mol. The minimum Gasteiger partial charge on any atom is -0.462 e. The van der Waals surface area contributed by atoms with E-state index in [1.54, 1.807) is 19.1 Å². The van der Waals surface area contributed by atoms with Crippen molar-refractivity contribution in [1.82, 2.24) is 0 Å². The van der Waals surface area contributed by atoms with E-state index < -0.39 is 22.0 Å². The molecule has 0 saturated carbocycles. The lowest BCUT2D eigenvalue weighted by Gasteiger charge is -2.21. The van der Waals surface area contributed by atoms with E-state index in [1.807, 2.05) is 0 Å². The number of urea groups is 1. The highest BCUT2D eigenvalue weighted by molar-refractivity contribution is 7.93. The highest BCUT2D eigenvalue weighted by atomic mass is 32.2. The van der Waals surface area contributed by atoms with Gasteiger partial charge in [-0.1, -0.05) is 57.2 Å². The molecule has 168 valence electrons. The standard InChI is InChI=1S/C23H30N2O5S/c1-3-4-5-6-7-8-15-30-22(26)19-12-10-13-20(17-19)25(23(24)27)31(28,29)21-14-9-11-18(2)16-21/h9-14,16-17H,3-8,15H2,1-2H3,(H2,24,27). The summed E-state index contributed by atoms with van der Waals surface area (Å²) in [5.41, 5.74) is 6.24. The molecule has 0 saturated heterocycles. The van der Waals surface area contributed by atoms with Gasteiger partial charge < -0.3 is 10.5 Å². The number of carbonyl (C=O) groups excluding carboxylic acids is 2. The predicted octanol–water partition coefficient (Wildman–Crippen LogP) is 4.79. The van der Waals surface area contributed by atoms with Gasteiger partial charge in [-0.25, -0.2) is 18.0 Å². The molecule has 0 bridgehead atoms. The minimum atomic E-state index is -4.24. The molecule has 0 atom stereocenters. The largest absolute Gasteiger partial charge is 0.462 e. The maximum atomic E-state index is 13.0. The minimum absolute atomic E-state index is 0.0250. The van der Waals surface area contributed by atoms with Crippen LogP contribution < -0.4 is 10.0 Å². The van der Waals surface area contributed by atoms with Crippen molar-refractivity contribution in [3.8, 4) is 0 Å². The summed E-state index contributed by atoms with van der Waals surface area (Å²) in [5.74, 6) is -0.576. The Balaban J connectivity index is 2.14. The number of rotatable bonds is 11. The molecule has 0 unspecified atom stereocenters. The van der Waals surface area contributed by atoms with Crippen LogP contribution in [0.1, 0.15) is 61.4 Å². The summed E-state index contributed by atoms with van der Waals surface area (Å²) in [6, 6.07) is 10.7. The Morgan fingerprint density at radius 2 is 1.65 bits per heavy atom. The second kappa shape index (κ2) is 11.5. The number of primary amides is 1. The van der Waals surface area contributed by atoms with Crippen LogP contribution in [0.4, 0.5) is 10.5 Å². The summed E-state index contributed by atoms with van der Waals surface area (Å²) in [6.07, 6.45) is 6.40. The Labute approximate surface area is 184 Å². The van der Waals surface area contributed by atoms with Crippen molar-refractivity contribution < 1.29 is 22.7 Å². The molecule has 0 fully saturated rings. The predicted molar refractivity (Wildman–Crippen MR) is 121 cm³/mol. The molecule has 2 aromatic carbocycles. The molecule has 2 amide bonds. The molecule has 0 radical (unpaired) electrons. The van der Waals surface area contributed by atoms with E-state index in [0.717, 1.165) is 24.8 Å². The first-order chi connectivity index (χ1) is 14.8. The second-order valence-corrected chi connectivity index (χ2v) is 9.16. The van der Waals surface area contributed by atoms with Crippen LogP contribution in [0.15, 0.2) is 53.4 Å². The van der Waals surface area contributed by atoms with Gasteiger partial charge in [-0.15, -0.1) is 0 Å². The number of hydrogen-bond acceptors (Lipinski definition) is 5. The van der Waals surface area contributed by atoms with Crippen LogP contribution in [-0.2, 0) is 14.8 Å². The lowest BCUT2D eigenvalue weighted by molar-refractivity contribution is 0.0497. The van der Waals surface area contributed by atoms with Crippen molar-refractivity contribution >= 4 is 27.7 Å². The van der Waals surface area contributed by atoms with Gasteiger partial charge in [-0.3, -0.25) is 0 Å². The zero-order valence-corrected chi connectivity index (χ0v) is 18.9. The van der Waals surface area contributed by atoms with Crippen molar-refractivity contribution in [1.29, 1.82) is 0 Å². The molecule has 0 heterocycles. The third-order valence-corrected chi connectivity index (χ3v) is 6.50. The van der Waals surface area contributed by atoms with E-state index in [0.29, 0.717) is 4.31 Å². The zero-order chi connectivity index (χ0) is 22.9. The second-order valence-electron chi connectivity index (χ2n) is 7.38. The fourth-order valence-electron chi connectivity index (χ4n) is 3.16. The lowest BCUT2D eigenvalue weighted by Crippen LogP contribution is -2.40. The Morgan fingerprint density at radius 1 is 0.968 bits per heavy atom. The number of sulfonamides is 1. The van der Waals surface area contributed by atoms with Crippen LogP contribution >= 0.6 is 0 Å². The maximum absolute atomic E-state index is 13.0. The van der Waals surface area contributed by atoms with Crippen LogP contribution in [0, 0.1) is 6.92 Å². The Kier molecular flexibility index (Phi) is 9.05. The molecular weight excluding hydrogens is 416 g/mol. The summed E-state index contributed by atoms with van der Waals surface area (Å²) in [7, 11) is -4.24. The molecule has 2 rings (SSSR count). The summed E-state index contributed by atoms with van der Waals surface area (Å²) in [6.45, 7) is 4.19. The van der Waals surface area contributed by atoms with Crippen LogP contribution in [0.3, 0.4) is 0 Å². The first-order valence-corrected chi connectivity index (χ1v) is 11.9. The van der Waals surface area contributed by atoms with E-state index in [4.69, 9.17) is 10.5 Å². The molecule has 0 spiro atoms. The fraction of sp³-hybridized carbons (Fsp3) is 0.391. The highest BCUT2D eigenvalue weighted by Crippen LogP contribution is 2.25. The van der Waals surface area contributed by atoms with Crippen LogP contribution in [0.2, 0.25) is 0 Å². The first kappa shape index (κ1) is 24.4. The van der Waals surface area contributed by atoms with E-state index in [1.165, 1.54) is 55.7 Å². The van der Waals surface area contributed by atoms with Gasteiger partial charge in [0.2, 0.25) is 0 Å². The van der Waals surface area contributed by atoms with Crippen molar-refractivity contribution in [2.24, 2.45) is 5.73 Å². The maximum Gasteiger partial charge on any atom is 0.338 e. The van der Waals surface area contributed by atoms with Gasteiger partial charge in [0, 0.05) is 0 Å². The Morgan fingerprint density at radius 3 is 2.32 bits per heavy atom. The van der Waals surface area contributed by atoms with Crippen molar-refractivity contribution in [3.63, 3.8) is 0 Å². The van der Waals surface area contributed by atoms with E-state index >= 15 is 0 Å². The number of carbonyl (C=O) groups is 2. The normalized spacial score (nSPS) is 11.2. The van der Waals surface area contributed by atoms with Crippen LogP contribution in [0.5, 0.6) is 0 Å². The smallest absolute Gasteiger partial charge is 0.338 e. The molecule has 7 nitrogen and oxygen atoms in total. The SMILES string of the molecule is CCCCCCCCOC(=O)c1cccc(N(C(N)=O)S(=O)(=O)c2cccc(C)c2)c1. The molecule has 8 heteroatoms. The third-order valence-electron chi connectivity index (χ3n) is 4.78. The number of amides is 2. The number of benzene rings is 2. The van der Waals surface area contributed by atoms with Gasteiger partial charge in [0.25, 0.3) is 10.0 Å². The quantitative estimate of drug-likeness (QED) is 0.395. The Hall–Kier alpha value is -2.87. The average Bonchev–Trinajstić information content (AvgIpc) is 2.73. The Bertz CT molecular complexity index is 1000. The summed E-state index contributed by atoms with van der Waals surface area (Å²) in [5, 5.41) is 0. The molecule has 0 aromatic heterocycles. The van der Waals surface area contributed by atoms with E-state index in [-0.39, 0.29) is 22.8 Å². The molecule has 0 aliphatic heterocycles. The number of aryl methyl sites for hydroxylation is 1. The van der Waals surface area contributed by atoms with Crippen LogP contribution in [0.25, 0.3) is 0 Å². The van der Waals surface area contributed by atoms with Gasteiger partial charge in [-0.2, -0.15) is 4.31 Å². The highest BCUT2D eigenvalue weighted by Gasteiger charge is 2.30. The molecule has 0 aliphatic carbocycles. The van der Waals surface area contributed by atoms with E-state index in [9.17, 15) is 18.0 Å². The molecule has 31 heavy (non-hydrogen) atoms. The number of unbranched alkanes of at least 4 members (excludes halogenated alkanes) is 5. The lowest BCUT2D eigenvalue weighted by atomic mass is 10.1. The number of anilines is 1. The van der Waals surface area contributed by atoms with Gasteiger partial charge in [0.05, 0.1) is 22.8 Å². The van der Waals surface area contributed by atoms with Crippen molar-refractivity contribution in [2.75, 3.05) is 10.9 Å². The first-order valence-electron chi connectivity index (χ1n) is 10.5. The number of esters is 1. The summed E-state index contributed by atoms with van der Waals surface area (Å²) >= 11 is 0. The monoisotopic (exact) mass is 446 g/mol. The number of ether oxygens (including phenoxy) is 1. The number of hydrogen-bond donors (Lipinski definition) is 1. The molecular formula is C23H30N2O5S. The van der Waals surface area contributed by atoms with Crippen LogP contribution in [-0.4, -0.2) is 27.0 Å². The molecule has 2 N–H and O–H groups in total. The topological polar surface area (TPSA) is 107 Å². The summed E-state index contributed by atoms with van der Waals surface area (Å²) in [4.78, 5) is 24.4. The van der Waals surface area contributed by atoms with Crippen molar-refractivity contribution in [2.45, 2.75) is 57.3 Å². The van der Waals surface area contributed by atoms with Crippen molar-refractivity contribution in [3.05, 3.63) is 59.7 Å². The third kappa shape index (κ3) is 6.82. The van der Waals surface area contributed by atoms with E-state index in [2.05, 4.69) is 6.92 Å². The van der Waals surface area contributed by atoms with Gasteiger partial charge >= 0.3 is 12.0 Å².